The van der Waals surface area contributed by atoms with Gasteiger partial charge in [-0.15, -0.1) is 5.10 Å². The van der Waals surface area contributed by atoms with E-state index < -0.39 is 0 Å². The Morgan fingerprint density at radius 1 is 1.16 bits per heavy atom. The molecule has 2 aromatic rings. The molecule has 19 heavy (non-hydrogen) atoms. The molecule has 0 aliphatic heterocycles. The van der Waals surface area contributed by atoms with Gasteiger partial charge in [0.2, 0.25) is 0 Å². The first-order chi connectivity index (χ1) is 9.02. The van der Waals surface area contributed by atoms with Gasteiger partial charge in [-0.2, -0.15) is 10.4 Å². The zero-order valence-corrected chi connectivity index (χ0v) is 12.6. The van der Waals surface area contributed by atoms with Crippen LogP contribution in [0.4, 0.5) is 0 Å². The molecule has 1 aromatic heterocycles. The normalized spacial score (nSPS) is 10.3. The Bertz CT molecular complexity index is 680. The summed E-state index contributed by atoms with van der Waals surface area (Å²) in [6.45, 7) is 3.69. The van der Waals surface area contributed by atoms with Crippen LogP contribution in [-0.2, 0) is 0 Å². The van der Waals surface area contributed by atoms with Crippen molar-refractivity contribution < 1.29 is 0 Å². The number of aryl methyl sites for hydroxylation is 1. The molecule has 0 amide bonds. The Morgan fingerprint density at radius 2 is 1.89 bits per heavy atom. The first-order valence-corrected chi connectivity index (χ1v) is 6.97. The summed E-state index contributed by atoms with van der Waals surface area (Å²) in [5, 5.41) is 18.9. The van der Waals surface area contributed by atoms with Crippen LogP contribution in [0.3, 0.4) is 0 Å². The summed E-state index contributed by atoms with van der Waals surface area (Å²) in [5.41, 5.74) is 2.15. The Morgan fingerprint density at radius 3 is 2.53 bits per heavy atom. The molecule has 1 aromatic carbocycles. The lowest BCUT2D eigenvalue weighted by Gasteiger charge is -2.07. The third-order valence-electron chi connectivity index (χ3n) is 2.64. The van der Waals surface area contributed by atoms with Gasteiger partial charge in [0.25, 0.3) is 0 Å². The van der Waals surface area contributed by atoms with Crippen LogP contribution in [0.2, 0.25) is 10.0 Å². The number of aromatic nitrogens is 2. The van der Waals surface area contributed by atoms with E-state index in [0.717, 1.165) is 16.2 Å². The van der Waals surface area contributed by atoms with Crippen LogP contribution in [0.1, 0.15) is 16.8 Å². The van der Waals surface area contributed by atoms with Gasteiger partial charge in [-0.05, 0) is 37.6 Å². The Balaban J connectivity index is 2.41. The average molecular weight is 310 g/mol. The molecule has 0 aliphatic rings. The maximum absolute atomic E-state index is 9.22. The molecule has 0 atom stereocenters. The lowest BCUT2D eigenvalue weighted by atomic mass is 10.1. The zero-order valence-electron chi connectivity index (χ0n) is 10.2. The second kappa shape index (κ2) is 5.79. The third-order valence-corrected chi connectivity index (χ3v) is 4.35. The Labute approximate surface area is 125 Å². The summed E-state index contributed by atoms with van der Waals surface area (Å²) in [4.78, 5) is 0.864. The molecule has 3 nitrogen and oxygen atoms in total. The zero-order chi connectivity index (χ0) is 14.0. The van der Waals surface area contributed by atoms with Gasteiger partial charge in [0.15, 0.2) is 0 Å². The Hall–Kier alpha value is -1.28. The number of nitriles is 1. The van der Waals surface area contributed by atoms with Gasteiger partial charge < -0.3 is 0 Å². The molecule has 2 rings (SSSR count). The van der Waals surface area contributed by atoms with Gasteiger partial charge in [-0.25, -0.2) is 0 Å². The van der Waals surface area contributed by atoms with E-state index in [1.807, 2.05) is 19.9 Å². The van der Waals surface area contributed by atoms with Crippen molar-refractivity contribution in [2.45, 2.75) is 23.8 Å². The van der Waals surface area contributed by atoms with Gasteiger partial charge in [-0.3, -0.25) is 0 Å². The molecule has 0 N–H and O–H groups in total. The van der Waals surface area contributed by atoms with Crippen molar-refractivity contribution in [1.29, 1.82) is 5.26 Å². The molecule has 96 valence electrons. The fourth-order valence-corrected chi connectivity index (χ4v) is 2.72. The van der Waals surface area contributed by atoms with E-state index in [4.69, 9.17) is 23.2 Å². The van der Waals surface area contributed by atoms with E-state index in [0.29, 0.717) is 20.6 Å². The number of benzene rings is 1. The van der Waals surface area contributed by atoms with Crippen molar-refractivity contribution >= 4 is 35.0 Å². The van der Waals surface area contributed by atoms with E-state index in [1.165, 1.54) is 11.8 Å². The minimum Gasteiger partial charge on any atom is -0.192 e. The highest BCUT2D eigenvalue weighted by Crippen LogP contribution is 2.33. The molecule has 6 heteroatoms. The number of hydrogen-bond donors (Lipinski definition) is 0. The van der Waals surface area contributed by atoms with Crippen molar-refractivity contribution in [3.05, 3.63) is 45.1 Å². The largest absolute Gasteiger partial charge is 0.192 e. The molecule has 0 unspecified atom stereocenters. The van der Waals surface area contributed by atoms with Crippen molar-refractivity contribution in [3.63, 3.8) is 0 Å². The quantitative estimate of drug-likeness (QED) is 0.823. The molecular formula is C13H9Cl2N3S. The van der Waals surface area contributed by atoms with Crippen LogP contribution in [0.25, 0.3) is 0 Å². The molecule has 0 fully saturated rings. The van der Waals surface area contributed by atoms with Gasteiger partial charge >= 0.3 is 0 Å². The van der Waals surface area contributed by atoms with Crippen LogP contribution < -0.4 is 0 Å². The van der Waals surface area contributed by atoms with Crippen LogP contribution in [-0.4, -0.2) is 10.2 Å². The summed E-state index contributed by atoms with van der Waals surface area (Å²) >= 11 is 13.2. The minimum absolute atomic E-state index is 0.474. The smallest absolute Gasteiger partial charge is 0.142 e. The van der Waals surface area contributed by atoms with E-state index in [1.54, 1.807) is 12.1 Å². The number of nitrogens with zero attached hydrogens (tertiary/aromatic N) is 3. The third kappa shape index (κ3) is 3.01. The minimum atomic E-state index is 0.474. The topological polar surface area (TPSA) is 49.6 Å². The fraction of sp³-hybridized carbons (Fsp3) is 0.154. The molecule has 0 bridgehead atoms. The molecule has 0 saturated carbocycles. The van der Waals surface area contributed by atoms with E-state index in [9.17, 15) is 5.26 Å². The van der Waals surface area contributed by atoms with Crippen LogP contribution in [0.5, 0.6) is 0 Å². The fourth-order valence-electron chi connectivity index (χ4n) is 1.44. The van der Waals surface area contributed by atoms with E-state index >= 15 is 0 Å². The van der Waals surface area contributed by atoms with E-state index in [-0.39, 0.29) is 0 Å². The summed E-state index contributed by atoms with van der Waals surface area (Å²) in [6, 6.07) is 7.46. The first-order valence-electron chi connectivity index (χ1n) is 5.40. The van der Waals surface area contributed by atoms with Gasteiger partial charge in [0.05, 0.1) is 21.3 Å². The van der Waals surface area contributed by atoms with Gasteiger partial charge in [0.1, 0.15) is 11.1 Å². The molecular weight excluding hydrogens is 301 g/mol. The molecule has 0 spiro atoms. The Kier molecular flexibility index (Phi) is 4.31. The second-order valence-corrected chi connectivity index (χ2v) is 5.76. The number of hydrogen-bond acceptors (Lipinski definition) is 4. The van der Waals surface area contributed by atoms with Gasteiger partial charge in [0, 0.05) is 4.90 Å². The van der Waals surface area contributed by atoms with Crippen molar-refractivity contribution in [2.24, 2.45) is 0 Å². The van der Waals surface area contributed by atoms with Crippen molar-refractivity contribution in [1.82, 2.24) is 10.2 Å². The molecule has 0 saturated heterocycles. The first kappa shape index (κ1) is 14.1. The van der Waals surface area contributed by atoms with E-state index in [2.05, 4.69) is 16.3 Å². The van der Waals surface area contributed by atoms with Crippen LogP contribution >= 0.6 is 35.0 Å². The number of rotatable bonds is 2. The highest BCUT2D eigenvalue weighted by Gasteiger charge is 2.12. The van der Waals surface area contributed by atoms with Crippen LogP contribution in [0, 0.1) is 25.2 Å². The monoisotopic (exact) mass is 309 g/mol. The summed E-state index contributed by atoms with van der Waals surface area (Å²) in [5.74, 6) is 0. The standard InChI is InChI=1S/C13H9Cl2N3S/c1-7-8(2)17-18-13(10(7)6-16)19-9-3-4-11(14)12(15)5-9/h3-5H,1-2H3. The predicted octanol–water partition coefficient (Wildman–Crippen LogP) is 4.42. The summed E-state index contributed by atoms with van der Waals surface area (Å²) in [6.07, 6.45) is 0. The molecule has 1 heterocycles. The highest BCUT2D eigenvalue weighted by molar-refractivity contribution is 7.99. The van der Waals surface area contributed by atoms with Crippen molar-refractivity contribution in [3.8, 4) is 6.07 Å². The maximum atomic E-state index is 9.22. The van der Waals surface area contributed by atoms with Gasteiger partial charge in [-0.1, -0.05) is 35.0 Å². The summed E-state index contributed by atoms with van der Waals surface area (Å²) in [7, 11) is 0. The summed E-state index contributed by atoms with van der Waals surface area (Å²) < 4.78 is 0. The molecule has 0 aliphatic carbocycles. The lowest BCUT2D eigenvalue weighted by molar-refractivity contribution is 0.871. The second-order valence-electron chi connectivity index (χ2n) is 3.88. The van der Waals surface area contributed by atoms with Crippen LogP contribution in [0.15, 0.2) is 28.1 Å². The maximum Gasteiger partial charge on any atom is 0.142 e. The lowest BCUT2D eigenvalue weighted by Crippen LogP contribution is -1.98. The molecule has 0 radical (unpaired) electrons. The SMILES string of the molecule is Cc1nnc(Sc2ccc(Cl)c(Cl)c2)c(C#N)c1C. The highest BCUT2D eigenvalue weighted by atomic mass is 35.5. The predicted molar refractivity (Wildman–Crippen MR) is 76.8 cm³/mol. The number of halogens is 2. The average Bonchev–Trinajstić information content (AvgIpc) is 2.39. The van der Waals surface area contributed by atoms with Crippen molar-refractivity contribution in [2.75, 3.05) is 0 Å².